The second-order valence-electron chi connectivity index (χ2n) is 4.65. The average Bonchev–Trinajstić information content (AvgIpc) is 2.29. The van der Waals surface area contributed by atoms with Gasteiger partial charge in [-0.25, -0.2) is 8.42 Å². The van der Waals surface area contributed by atoms with Crippen LogP contribution in [0.25, 0.3) is 0 Å². The Kier molecular flexibility index (Phi) is 5.62. The van der Waals surface area contributed by atoms with Crippen molar-refractivity contribution in [3.05, 3.63) is 29.8 Å². The lowest BCUT2D eigenvalue weighted by Crippen LogP contribution is -2.20. The highest BCUT2D eigenvalue weighted by Gasteiger charge is 2.09. The Morgan fingerprint density at radius 3 is 2.28 bits per heavy atom. The van der Waals surface area contributed by atoms with E-state index in [-0.39, 0.29) is 5.75 Å². The van der Waals surface area contributed by atoms with E-state index < -0.39 is 10.0 Å². The molecule has 1 aromatic rings. The lowest BCUT2D eigenvalue weighted by atomic mass is 10.0. The predicted octanol–water partition coefficient (Wildman–Crippen LogP) is 2.16. The Hall–Kier alpha value is -1.07. The molecule has 0 radical (unpaired) electrons. The largest absolute Gasteiger partial charge is 0.320 e. The molecule has 1 rings (SSSR count). The summed E-state index contributed by atoms with van der Waals surface area (Å²) in [6, 6.07) is 7.53. The maximum Gasteiger partial charge on any atom is 0.232 e. The fraction of sp³-hybridized carbons (Fsp3) is 0.538. The Labute approximate surface area is 110 Å². The van der Waals surface area contributed by atoms with Crippen molar-refractivity contribution in [2.45, 2.75) is 26.2 Å². The molecule has 0 atom stereocenters. The average molecular weight is 270 g/mol. The number of rotatable bonds is 7. The molecular formula is C13H22N2O2S. The monoisotopic (exact) mass is 270 g/mol. The number of nitrogens with one attached hydrogen (secondary N) is 2. The molecule has 0 heterocycles. The van der Waals surface area contributed by atoms with Gasteiger partial charge in [0.15, 0.2) is 0 Å². The van der Waals surface area contributed by atoms with Gasteiger partial charge in [-0.15, -0.1) is 0 Å². The van der Waals surface area contributed by atoms with Crippen LogP contribution < -0.4 is 10.0 Å². The Morgan fingerprint density at radius 1 is 1.17 bits per heavy atom. The van der Waals surface area contributed by atoms with Gasteiger partial charge >= 0.3 is 0 Å². The van der Waals surface area contributed by atoms with E-state index in [9.17, 15) is 8.42 Å². The quantitative estimate of drug-likeness (QED) is 0.747. The van der Waals surface area contributed by atoms with E-state index in [1.807, 2.05) is 31.3 Å². The van der Waals surface area contributed by atoms with Gasteiger partial charge in [0.25, 0.3) is 0 Å². The molecule has 4 nitrogen and oxygen atoms in total. The van der Waals surface area contributed by atoms with E-state index >= 15 is 0 Å². The van der Waals surface area contributed by atoms with Gasteiger partial charge < -0.3 is 5.32 Å². The summed E-state index contributed by atoms with van der Waals surface area (Å²) in [5.41, 5.74) is 1.83. The van der Waals surface area contributed by atoms with Crippen LogP contribution in [-0.4, -0.2) is 27.8 Å². The minimum atomic E-state index is -3.23. The van der Waals surface area contributed by atoms with Gasteiger partial charge in [-0.2, -0.15) is 0 Å². The molecular weight excluding hydrogens is 248 g/mol. The summed E-state index contributed by atoms with van der Waals surface area (Å²) in [6.07, 6.45) is 0.607. The van der Waals surface area contributed by atoms with E-state index in [4.69, 9.17) is 0 Å². The van der Waals surface area contributed by atoms with Crippen molar-refractivity contribution in [1.82, 2.24) is 5.32 Å². The molecule has 0 saturated carbocycles. The Morgan fingerprint density at radius 2 is 1.78 bits per heavy atom. The fourth-order valence-electron chi connectivity index (χ4n) is 1.61. The van der Waals surface area contributed by atoms with Crippen LogP contribution in [0, 0.1) is 0 Å². The summed E-state index contributed by atoms with van der Waals surface area (Å²) in [5, 5.41) is 2.93. The van der Waals surface area contributed by atoms with Crippen LogP contribution in [0.1, 0.15) is 31.7 Å². The standard InChI is InChI=1S/C13H22N2O2S/c1-11(2)12-5-7-13(8-6-12)15-18(16,17)10-4-9-14-3/h5-8,11,14-15H,4,9-10H2,1-3H3. The van der Waals surface area contributed by atoms with Crippen LogP contribution in [0.2, 0.25) is 0 Å². The number of benzene rings is 1. The highest BCUT2D eigenvalue weighted by Crippen LogP contribution is 2.17. The SMILES string of the molecule is CNCCCS(=O)(=O)Nc1ccc(C(C)C)cc1. The van der Waals surface area contributed by atoms with Crippen LogP contribution in [-0.2, 0) is 10.0 Å². The van der Waals surface area contributed by atoms with E-state index in [1.165, 1.54) is 5.56 Å². The number of sulfonamides is 1. The van der Waals surface area contributed by atoms with Crippen molar-refractivity contribution in [3.63, 3.8) is 0 Å². The minimum Gasteiger partial charge on any atom is -0.320 e. The maximum atomic E-state index is 11.8. The van der Waals surface area contributed by atoms with Gasteiger partial charge in [-0.05, 0) is 43.6 Å². The highest BCUT2D eigenvalue weighted by molar-refractivity contribution is 7.92. The molecule has 0 aliphatic rings. The molecule has 2 N–H and O–H groups in total. The van der Waals surface area contributed by atoms with Gasteiger partial charge in [0, 0.05) is 5.69 Å². The van der Waals surface area contributed by atoms with E-state index in [0.717, 1.165) is 0 Å². The summed E-state index contributed by atoms with van der Waals surface area (Å²) in [5.74, 6) is 0.589. The number of hydrogen-bond acceptors (Lipinski definition) is 3. The molecule has 0 aliphatic carbocycles. The molecule has 102 valence electrons. The molecule has 0 unspecified atom stereocenters. The number of anilines is 1. The van der Waals surface area contributed by atoms with Crippen molar-refractivity contribution >= 4 is 15.7 Å². The predicted molar refractivity (Wildman–Crippen MR) is 76.5 cm³/mol. The number of hydrogen-bond donors (Lipinski definition) is 2. The third-order valence-corrected chi connectivity index (χ3v) is 4.06. The second kappa shape index (κ2) is 6.75. The van der Waals surface area contributed by atoms with Gasteiger partial charge in [-0.1, -0.05) is 26.0 Å². The molecule has 0 aromatic heterocycles. The summed E-state index contributed by atoms with van der Waals surface area (Å²) < 4.78 is 26.1. The smallest absolute Gasteiger partial charge is 0.232 e. The zero-order valence-corrected chi connectivity index (χ0v) is 12.0. The summed E-state index contributed by atoms with van der Waals surface area (Å²) in [7, 11) is -1.42. The van der Waals surface area contributed by atoms with Gasteiger partial charge in [-0.3, -0.25) is 4.72 Å². The molecule has 0 fully saturated rings. The fourth-order valence-corrected chi connectivity index (χ4v) is 2.73. The lowest BCUT2D eigenvalue weighted by molar-refractivity contribution is 0.597. The van der Waals surface area contributed by atoms with Crippen molar-refractivity contribution in [2.75, 3.05) is 24.1 Å². The molecule has 5 heteroatoms. The van der Waals surface area contributed by atoms with Gasteiger partial charge in [0.2, 0.25) is 10.0 Å². The van der Waals surface area contributed by atoms with Crippen LogP contribution in [0.5, 0.6) is 0 Å². The minimum absolute atomic E-state index is 0.139. The van der Waals surface area contributed by atoms with E-state index in [0.29, 0.717) is 24.6 Å². The maximum absolute atomic E-state index is 11.8. The van der Waals surface area contributed by atoms with Crippen molar-refractivity contribution in [1.29, 1.82) is 0 Å². The third kappa shape index (κ3) is 5.06. The Bertz CT molecular complexity index is 452. The molecule has 0 bridgehead atoms. The topological polar surface area (TPSA) is 58.2 Å². The van der Waals surface area contributed by atoms with Gasteiger partial charge in [0.1, 0.15) is 0 Å². The van der Waals surface area contributed by atoms with Crippen molar-refractivity contribution in [2.24, 2.45) is 0 Å². The molecule has 0 aliphatic heterocycles. The zero-order valence-electron chi connectivity index (χ0n) is 11.2. The first kappa shape index (κ1) is 15.0. The van der Waals surface area contributed by atoms with E-state index in [2.05, 4.69) is 23.9 Å². The summed E-state index contributed by atoms with van der Waals surface area (Å²) in [4.78, 5) is 0. The first-order chi connectivity index (χ1) is 8.44. The lowest BCUT2D eigenvalue weighted by Gasteiger charge is -2.10. The highest BCUT2D eigenvalue weighted by atomic mass is 32.2. The van der Waals surface area contributed by atoms with Crippen LogP contribution in [0.4, 0.5) is 5.69 Å². The third-order valence-electron chi connectivity index (χ3n) is 2.69. The summed E-state index contributed by atoms with van der Waals surface area (Å²) >= 11 is 0. The van der Waals surface area contributed by atoms with Crippen molar-refractivity contribution in [3.8, 4) is 0 Å². The van der Waals surface area contributed by atoms with Crippen molar-refractivity contribution < 1.29 is 8.42 Å². The molecule has 18 heavy (non-hydrogen) atoms. The van der Waals surface area contributed by atoms with E-state index in [1.54, 1.807) is 0 Å². The first-order valence-corrected chi connectivity index (χ1v) is 7.85. The molecule has 1 aromatic carbocycles. The molecule has 0 spiro atoms. The zero-order chi connectivity index (χ0) is 13.6. The second-order valence-corrected chi connectivity index (χ2v) is 6.50. The molecule has 0 saturated heterocycles. The molecule has 0 amide bonds. The van der Waals surface area contributed by atoms with Crippen LogP contribution in [0.15, 0.2) is 24.3 Å². The Balaban J connectivity index is 2.61. The first-order valence-electron chi connectivity index (χ1n) is 6.19. The van der Waals surface area contributed by atoms with Crippen LogP contribution in [0.3, 0.4) is 0 Å². The summed E-state index contributed by atoms with van der Waals surface area (Å²) in [6.45, 7) is 4.92. The van der Waals surface area contributed by atoms with Gasteiger partial charge in [0.05, 0.1) is 5.75 Å². The van der Waals surface area contributed by atoms with Crippen LogP contribution >= 0.6 is 0 Å². The normalized spacial score (nSPS) is 11.8.